The number of aromatic nitrogens is 2. The Kier molecular flexibility index (Phi) is 3.89. The fourth-order valence-corrected chi connectivity index (χ4v) is 3.80. The van der Waals surface area contributed by atoms with E-state index in [1.807, 2.05) is 0 Å². The molecule has 4 nitrogen and oxygen atoms in total. The van der Waals surface area contributed by atoms with Crippen molar-refractivity contribution in [1.82, 2.24) is 14.9 Å². The Morgan fingerprint density at radius 1 is 1.45 bits per heavy atom. The molecule has 0 aromatic carbocycles. The molecule has 0 spiro atoms. The van der Waals surface area contributed by atoms with Crippen molar-refractivity contribution in [3.63, 3.8) is 0 Å². The summed E-state index contributed by atoms with van der Waals surface area (Å²) in [6.07, 6.45) is 2.95. The zero-order chi connectivity index (χ0) is 14.1. The Morgan fingerprint density at radius 3 is 3.05 bits per heavy atom. The number of anilines is 1. The average Bonchev–Trinajstić information content (AvgIpc) is 3.04. The van der Waals surface area contributed by atoms with Crippen molar-refractivity contribution in [2.75, 3.05) is 25.0 Å². The first-order chi connectivity index (χ1) is 9.65. The third kappa shape index (κ3) is 2.65. The van der Waals surface area contributed by atoms with Gasteiger partial charge in [-0.05, 0) is 50.6 Å². The van der Waals surface area contributed by atoms with Crippen molar-refractivity contribution in [3.8, 4) is 0 Å². The Morgan fingerprint density at radius 2 is 2.30 bits per heavy atom. The number of nitrogens with one attached hydrogen (secondary N) is 1. The minimum Gasteiger partial charge on any atom is -0.368 e. The zero-order valence-electron chi connectivity index (χ0n) is 12.4. The molecular weight excluding hydrogens is 268 g/mol. The molecule has 1 aliphatic heterocycles. The van der Waals surface area contributed by atoms with E-state index in [1.165, 1.54) is 29.8 Å². The third-order valence-electron chi connectivity index (χ3n) is 4.14. The van der Waals surface area contributed by atoms with Crippen LogP contribution in [0.15, 0.2) is 11.7 Å². The van der Waals surface area contributed by atoms with E-state index in [0.717, 1.165) is 23.8 Å². The summed E-state index contributed by atoms with van der Waals surface area (Å²) in [6.45, 7) is 10.1. The first kappa shape index (κ1) is 13.8. The molecular formula is C15H22N4S. The molecule has 1 N–H and O–H groups in total. The van der Waals surface area contributed by atoms with Crippen LogP contribution in [0.4, 0.5) is 5.82 Å². The van der Waals surface area contributed by atoms with Gasteiger partial charge >= 0.3 is 0 Å². The number of likely N-dealkylation sites (tertiary alicyclic amines) is 1. The first-order valence-corrected chi connectivity index (χ1v) is 8.20. The molecule has 1 atom stereocenters. The molecule has 3 rings (SSSR count). The van der Waals surface area contributed by atoms with Gasteiger partial charge in [-0.1, -0.05) is 0 Å². The molecule has 1 aliphatic rings. The second-order valence-electron chi connectivity index (χ2n) is 5.94. The fourth-order valence-electron chi connectivity index (χ4n) is 2.83. The molecule has 0 aliphatic carbocycles. The van der Waals surface area contributed by atoms with Crippen molar-refractivity contribution in [3.05, 3.63) is 17.3 Å². The molecule has 5 heteroatoms. The molecule has 2 aromatic rings. The molecule has 108 valence electrons. The van der Waals surface area contributed by atoms with Gasteiger partial charge in [-0.15, -0.1) is 11.3 Å². The largest absolute Gasteiger partial charge is 0.368 e. The van der Waals surface area contributed by atoms with E-state index in [1.54, 1.807) is 17.7 Å². The molecule has 0 bridgehead atoms. The number of hydrogen-bond donors (Lipinski definition) is 1. The van der Waals surface area contributed by atoms with Crippen LogP contribution in [0.5, 0.6) is 0 Å². The van der Waals surface area contributed by atoms with Gasteiger partial charge in [0.05, 0.1) is 10.2 Å². The molecule has 0 amide bonds. The number of hydrogen-bond acceptors (Lipinski definition) is 5. The zero-order valence-corrected chi connectivity index (χ0v) is 13.2. The highest BCUT2D eigenvalue weighted by Gasteiger charge is 2.24. The van der Waals surface area contributed by atoms with Gasteiger partial charge in [-0.3, -0.25) is 0 Å². The van der Waals surface area contributed by atoms with E-state index in [9.17, 15) is 0 Å². The van der Waals surface area contributed by atoms with Crippen LogP contribution in [0, 0.1) is 12.8 Å². The second kappa shape index (κ2) is 5.66. The van der Waals surface area contributed by atoms with Gasteiger partial charge in [0.2, 0.25) is 0 Å². The average molecular weight is 290 g/mol. The van der Waals surface area contributed by atoms with Crippen molar-refractivity contribution >= 4 is 27.4 Å². The summed E-state index contributed by atoms with van der Waals surface area (Å²) >= 11 is 1.73. The van der Waals surface area contributed by atoms with Crippen LogP contribution in [-0.2, 0) is 0 Å². The van der Waals surface area contributed by atoms with Crippen LogP contribution in [0.1, 0.15) is 25.8 Å². The predicted molar refractivity (Wildman–Crippen MR) is 85.5 cm³/mol. The lowest BCUT2D eigenvalue weighted by atomic mass is 10.1. The molecule has 3 heterocycles. The highest BCUT2D eigenvalue weighted by atomic mass is 32.1. The van der Waals surface area contributed by atoms with Crippen LogP contribution < -0.4 is 5.32 Å². The van der Waals surface area contributed by atoms with E-state index >= 15 is 0 Å². The second-order valence-corrected chi connectivity index (χ2v) is 6.82. The number of aryl methyl sites for hydroxylation is 1. The van der Waals surface area contributed by atoms with E-state index in [0.29, 0.717) is 6.04 Å². The lowest BCUT2D eigenvalue weighted by molar-refractivity contribution is 0.266. The molecule has 1 fully saturated rings. The minimum atomic E-state index is 0.658. The van der Waals surface area contributed by atoms with Crippen LogP contribution in [0.25, 0.3) is 10.2 Å². The smallest absolute Gasteiger partial charge is 0.147 e. The molecule has 1 unspecified atom stereocenters. The van der Waals surface area contributed by atoms with Crippen molar-refractivity contribution in [2.45, 2.75) is 33.2 Å². The third-order valence-corrected chi connectivity index (χ3v) is 5.23. The Bertz CT molecular complexity index is 593. The van der Waals surface area contributed by atoms with E-state index in [4.69, 9.17) is 0 Å². The maximum atomic E-state index is 4.41. The quantitative estimate of drug-likeness (QED) is 0.939. The van der Waals surface area contributed by atoms with Crippen LogP contribution in [-0.4, -0.2) is 40.5 Å². The van der Waals surface area contributed by atoms with Gasteiger partial charge in [-0.2, -0.15) is 0 Å². The minimum absolute atomic E-state index is 0.658. The topological polar surface area (TPSA) is 41.0 Å². The fraction of sp³-hybridized carbons (Fsp3) is 0.600. The van der Waals surface area contributed by atoms with Gasteiger partial charge < -0.3 is 10.2 Å². The Balaban J connectivity index is 1.66. The standard InChI is InChI=1S/C15H22N4S/c1-10(2)19-5-4-12(7-19)6-16-15-14-13(17-9-18-15)11(3)8-20-14/h8-10,12H,4-7H2,1-3H3,(H,16,17,18). The number of nitrogens with zero attached hydrogens (tertiary/aromatic N) is 3. The van der Waals surface area contributed by atoms with Crippen molar-refractivity contribution in [1.29, 1.82) is 0 Å². The molecule has 1 saturated heterocycles. The normalized spacial score (nSPS) is 20.1. The van der Waals surface area contributed by atoms with Crippen molar-refractivity contribution < 1.29 is 0 Å². The van der Waals surface area contributed by atoms with E-state index < -0.39 is 0 Å². The van der Waals surface area contributed by atoms with Gasteiger partial charge in [0.15, 0.2) is 0 Å². The summed E-state index contributed by atoms with van der Waals surface area (Å²) in [7, 11) is 0. The lowest BCUT2D eigenvalue weighted by Crippen LogP contribution is -2.29. The van der Waals surface area contributed by atoms with Crippen LogP contribution >= 0.6 is 11.3 Å². The number of thiophene rings is 1. The number of fused-ring (bicyclic) bond motifs is 1. The molecule has 0 radical (unpaired) electrons. The van der Waals surface area contributed by atoms with E-state index in [2.05, 4.69) is 46.3 Å². The van der Waals surface area contributed by atoms with Gasteiger partial charge in [-0.25, -0.2) is 9.97 Å². The highest BCUT2D eigenvalue weighted by Crippen LogP contribution is 2.29. The monoisotopic (exact) mass is 290 g/mol. The van der Waals surface area contributed by atoms with Gasteiger partial charge in [0.25, 0.3) is 0 Å². The summed E-state index contributed by atoms with van der Waals surface area (Å²) in [4.78, 5) is 11.3. The molecule has 0 saturated carbocycles. The summed E-state index contributed by atoms with van der Waals surface area (Å²) in [5.41, 5.74) is 2.32. The Labute approximate surface area is 124 Å². The summed E-state index contributed by atoms with van der Waals surface area (Å²) < 4.78 is 1.18. The van der Waals surface area contributed by atoms with Gasteiger partial charge in [0, 0.05) is 19.1 Å². The maximum Gasteiger partial charge on any atom is 0.147 e. The highest BCUT2D eigenvalue weighted by molar-refractivity contribution is 7.18. The Hall–Kier alpha value is -1.20. The summed E-state index contributed by atoms with van der Waals surface area (Å²) in [5.74, 6) is 1.72. The molecule has 20 heavy (non-hydrogen) atoms. The lowest BCUT2D eigenvalue weighted by Gasteiger charge is -2.20. The summed E-state index contributed by atoms with van der Waals surface area (Å²) in [6, 6.07) is 0.658. The first-order valence-electron chi connectivity index (χ1n) is 7.32. The summed E-state index contributed by atoms with van der Waals surface area (Å²) in [5, 5.41) is 5.69. The van der Waals surface area contributed by atoms with Crippen LogP contribution in [0.2, 0.25) is 0 Å². The predicted octanol–water partition coefficient (Wildman–Crippen LogP) is 3.14. The van der Waals surface area contributed by atoms with Gasteiger partial charge in [0.1, 0.15) is 12.1 Å². The van der Waals surface area contributed by atoms with Crippen molar-refractivity contribution in [2.24, 2.45) is 5.92 Å². The SMILES string of the molecule is Cc1csc2c(NCC3CCN(C(C)C)C3)ncnc12. The maximum absolute atomic E-state index is 4.41. The molecule has 2 aromatic heterocycles. The van der Waals surface area contributed by atoms with E-state index in [-0.39, 0.29) is 0 Å². The van der Waals surface area contributed by atoms with Crippen LogP contribution in [0.3, 0.4) is 0 Å². The number of rotatable bonds is 4.